The highest BCUT2D eigenvalue weighted by Crippen LogP contribution is 2.31. The van der Waals surface area contributed by atoms with E-state index in [4.69, 9.17) is 5.26 Å². The molecule has 4 aromatic rings. The summed E-state index contributed by atoms with van der Waals surface area (Å²) < 4.78 is 0. The number of rotatable bonds is 3. The third kappa shape index (κ3) is 3.87. The van der Waals surface area contributed by atoms with Gasteiger partial charge in [0.05, 0.1) is 11.6 Å². The lowest BCUT2D eigenvalue weighted by atomic mass is 10.0. The summed E-state index contributed by atoms with van der Waals surface area (Å²) in [5.41, 5.74) is 3.70. The summed E-state index contributed by atoms with van der Waals surface area (Å²) in [5.74, 6) is 0.773. The van der Waals surface area contributed by atoms with Crippen molar-refractivity contribution in [3.05, 3.63) is 84.1 Å². The normalized spacial score (nSPS) is 15.9. The third-order valence-electron chi connectivity index (χ3n) is 6.01. The van der Waals surface area contributed by atoms with E-state index >= 15 is 0 Å². The second kappa shape index (κ2) is 8.67. The number of carbonyl (C=O) groups is 1. The average Bonchev–Trinajstić information content (AvgIpc) is 2.88. The van der Waals surface area contributed by atoms with Crippen LogP contribution < -0.4 is 4.90 Å². The second-order valence-electron chi connectivity index (χ2n) is 8.12. The van der Waals surface area contributed by atoms with Crippen LogP contribution in [0.15, 0.2) is 72.9 Å². The molecule has 0 unspecified atom stereocenters. The largest absolute Gasteiger partial charge is 0.347 e. The summed E-state index contributed by atoms with van der Waals surface area (Å²) in [7, 11) is 0. The lowest BCUT2D eigenvalue weighted by Gasteiger charge is -2.40. The second-order valence-corrected chi connectivity index (χ2v) is 8.12. The number of aromatic nitrogens is 3. The van der Waals surface area contributed by atoms with Gasteiger partial charge in [-0.25, -0.2) is 0 Å². The molecule has 2 aromatic heterocycles. The van der Waals surface area contributed by atoms with Crippen LogP contribution in [0.3, 0.4) is 0 Å². The van der Waals surface area contributed by atoms with E-state index in [-0.39, 0.29) is 11.9 Å². The van der Waals surface area contributed by atoms with Gasteiger partial charge in [-0.3, -0.25) is 9.78 Å². The maximum absolute atomic E-state index is 12.9. The maximum atomic E-state index is 12.9. The van der Waals surface area contributed by atoms with Crippen LogP contribution in [0.4, 0.5) is 5.82 Å². The molecule has 0 aliphatic carbocycles. The van der Waals surface area contributed by atoms with Crippen molar-refractivity contribution in [3.8, 4) is 17.3 Å². The zero-order valence-corrected chi connectivity index (χ0v) is 18.2. The predicted molar refractivity (Wildman–Crippen MR) is 127 cm³/mol. The number of nitriles is 1. The van der Waals surface area contributed by atoms with Crippen molar-refractivity contribution in [1.29, 1.82) is 5.26 Å². The average molecular weight is 435 g/mol. The van der Waals surface area contributed by atoms with Crippen molar-refractivity contribution in [3.63, 3.8) is 0 Å². The number of hydrogen-bond acceptors (Lipinski definition) is 6. The lowest BCUT2D eigenvalue weighted by molar-refractivity contribution is 0.0726. The van der Waals surface area contributed by atoms with E-state index in [9.17, 15) is 4.79 Å². The Balaban J connectivity index is 1.45. The number of hydrogen-bond donors (Lipinski definition) is 0. The number of anilines is 1. The van der Waals surface area contributed by atoms with Crippen molar-refractivity contribution in [2.45, 2.75) is 13.0 Å². The van der Waals surface area contributed by atoms with Crippen LogP contribution in [0, 0.1) is 11.3 Å². The zero-order valence-electron chi connectivity index (χ0n) is 18.2. The highest BCUT2D eigenvalue weighted by molar-refractivity contribution is 5.98. The highest BCUT2D eigenvalue weighted by atomic mass is 16.2. The van der Waals surface area contributed by atoms with Crippen LogP contribution in [0.5, 0.6) is 0 Å². The Kier molecular flexibility index (Phi) is 5.41. The fourth-order valence-electron chi connectivity index (χ4n) is 4.30. The summed E-state index contributed by atoms with van der Waals surface area (Å²) in [5, 5.41) is 19.1. The molecule has 162 valence electrons. The molecule has 7 heteroatoms. The summed E-state index contributed by atoms with van der Waals surface area (Å²) in [6.45, 7) is 3.94. The fraction of sp³-hybridized carbons (Fsp3) is 0.192. The molecule has 7 nitrogen and oxygen atoms in total. The van der Waals surface area contributed by atoms with Crippen LogP contribution in [-0.4, -0.2) is 51.7 Å². The van der Waals surface area contributed by atoms with Crippen molar-refractivity contribution in [2.75, 3.05) is 24.5 Å². The summed E-state index contributed by atoms with van der Waals surface area (Å²) >= 11 is 0. The van der Waals surface area contributed by atoms with E-state index < -0.39 is 0 Å². The van der Waals surface area contributed by atoms with Crippen molar-refractivity contribution >= 4 is 22.6 Å². The number of amides is 1. The molecule has 0 bridgehead atoms. The van der Waals surface area contributed by atoms with Crippen LogP contribution in [-0.2, 0) is 0 Å². The molecule has 33 heavy (non-hydrogen) atoms. The first-order chi connectivity index (χ1) is 16.2. The minimum atomic E-state index is 0.0485. The quantitative estimate of drug-likeness (QED) is 0.486. The number of benzene rings is 2. The van der Waals surface area contributed by atoms with E-state index in [1.165, 1.54) is 0 Å². The molecule has 2 aromatic carbocycles. The minimum absolute atomic E-state index is 0.0485. The molecule has 1 amide bonds. The molecule has 0 radical (unpaired) electrons. The van der Waals surface area contributed by atoms with Crippen LogP contribution in [0.2, 0.25) is 0 Å². The molecule has 1 aliphatic rings. The van der Waals surface area contributed by atoms with Gasteiger partial charge >= 0.3 is 0 Å². The van der Waals surface area contributed by atoms with Gasteiger partial charge in [-0.1, -0.05) is 30.3 Å². The summed E-state index contributed by atoms with van der Waals surface area (Å²) in [4.78, 5) is 21.6. The Hall–Kier alpha value is -4.31. The van der Waals surface area contributed by atoms with Gasteiger partial charge in [0, 0.05) is 48.4 Å². The molecule has 1 saturated heterocycles. The number of nitrogens with zero attached hydrogens (tertiary/aromatic N) is 6. The van der Waals surface area contributed by atoms with Gasteiger partial charge in [-0.05, 0) is 43.3 Å². The standard InChI is InChI=1S/C26H22N6O/c1-18-17-31(26(33)21-6-3-2-4-7-21)14-15-32(18)25-24-22(8-5-13-28-24)23(29-30-25)20-11-9-19(16-27)10-12-20/h2-13,18H,14-15,17H2,1H3/t18-/m1/s1. The van der Waals surface area contributed by atoms with Gasteiger partial charge in [0.1, 0.15) is 11.2 Å². The third-order valence-corrected chi connectivity index (χ3v) is 6.01. The molecule has 0 spiro atoms. The van der Waals surface area contributed by atoms with E-state index in [0.29, 0.717) is 30.8 Å². The van der Waals surface area contributed by atoms with E-state index in [1.54, 1.807) is 18.3 Å². The van der Waals surface area contributed by atoms with Crippen molar-refractivity contribution < 1.29 is 4.79 Å². The Morgan fingerprint density at radius 1 is 1.00 bits per heavy atom. The Morgan fingerprint density at radius 3 is 2.52 bits per heavy atom. The van der Waals surface area contributed by atoms with E-state index in [2.05, 4.69) is 33.1 Å². The number of pyridine rings is 1. The van der Waals surface area contributed by atoms with Gasteiger partial charge in [0.25, 0.3) is 5.91 Å². The molecule has 0 saturated carbocycles. The molecule has 3 heterocycles. The predicted octanol–water partition coefficient (Wildman–Crippen LogP) is 3.91. The zero-order chi connectivity index (χ0) is 22.8. The van der Waals surface area contributed by atoms with Crippen molar-refractivity contribution in [2.24, 2.45) is 0 Å². The minimum Gasteiger partial charge on any atom is -0.347 e. The molecular weight excluding hydrogens is 412 g/mol. The Bertz CT molecular complexity index is 1350. The Labute approximate surface area is 191 Å². The van der Waals surface area contributed by atoms with Gasteiger partial charge < -0.3 is 9.80 Å². The lowest BCUT2D eigenvalue weighted by Crippen LogP contribution is -2.54. The first-order valence-corrected chi connectivity index (χ1v) is 10.9. The molecule has 1 fully saturated rings. The first-order valence-electron chi connectivity index (χ1n) is 10.9. The monoisotopic (exact) mass is 434 g/mol. The van der Waals surface area contributed by atoms with Crippen molar-refractivity contribution in [1.82, 2.24) is 20.1 Å². The number of piperazine rings is 1. The fourth-order valence-corrected chi connectivity index (χ4v) is 4.30. The molecule has 5 rings (SSSR count). The van der Waals surface area contributed by atoms with Gasteiger partial charge in [-0.15, -0.1) is 10.2 Å². The topological polar surface area (TPSA) is 86.0 Å². The Morgan fingerprint density at radius 2 is 1.79 bits per heavy atom. The maximum Gasteiger partial charge on any atom is 0.253 e. The summed E-state index contributed by atoms with van der Waals surface area (Å²) in [6, 6.07) is 22.8. The van der Waals surface area contributed by atoms with Gasteiger partial charge in [0.15, 0.2) is 5.82 Å². The van der Waals surface area contributed by atoms with Crippen LogP contribution >= 0.6 is 0 Å². The van der Waals surface area contributed by atoms with Gasteiger partial charge in [0.2, 0.25) is 0 Å². The van der Waals surface area contributed by atoms with E-state index in [1.807, 2.05) is 59.5 Å². The molecule has 1 aliphatic heterocycles. The number of carbonyl (C=O) groups excluding carboxylic acids is 1. The molecule has 1 atom stereocenters. The van der Waals surface area contributed by atoms with Crippen LogP contribution in [0.1, 0.15) is 22.8 Å². The molecule has 0 N–H and O–H groups in total. The SMILES string of the molecule is C[C@@H]1CN(C(=O)c2ccccc2)CCN1c1nnc(-c2ccc(C#N)cc2)c2cccnc12. The van der Waals surface area contributed by atoms with E-state index in [0.717, 1.165) is 28.0 Å². The highest BCUT2D eigenvalue weighted by Gasteiger charge is 2.30. The van der Waals surface area contributed by atoms with Crippen LogP contribution in [0.25, 0.3) is 22.2 Å². The summed E-state index contributed by atoms with van der Waals surface area (Å²) in [6.07, 6.45) is 1.76. The first kappa shape index (κ1) is 20.6. The smallest absolute Gasteiger partial charge is 0.253 e. The molecular formula is C26H22N6O. The number of fused-ring (bicyclic) bond motifs is 1. The van der Waals surface area contributed by atoms with Gasteiger partial charge in [-0.2, -0.15) is 5.26 Å².